The first-order chi connectivity index (χ1) is 11.5. The zero-order valence-corrected chi connectivity index (χ0v) is 15.3. The van der Waals surface area contributed by atoms with Crippen LogP contribution >= 0.6 is 12.4 Å². The maximum atomic E-state index is 12.3. The van der Waals surface area contributed by atoms with Crippen molar-refractivity contribution in [3.63, 3.8) is 0 Å². The molecule has 1 amide bonds. The van der Waals surface area contributed by atoms with E-state index in [0.29, 0.717) is 12.1 Å². The highest BCUT2D eigenvalue weighted by molar-refractivity contribution is 5.96. The molecule has 140 valence electrons. The number of nitrogens with one attached hydrogen (secondary N) is 1. The summed E-state index contributed by atoms with van der Waals surface area (Å²) >= 11 is 0. The minimum absolute atomic E-state index is 0. The van der Waals surface area contributed by atoms with Gasteiger partial charge in [-0.2, -0.15) is 0 Å². The van der Waals surface area contributed by atoms with Gasteiger partial charge >= 0.3 is 11.9 Å². The molecule has 0 saturated carbocycles. The fraction of sp³-hybridized carbons (Fsp3) is 0.471. The van der Waals surface area contributed by atoms with Crippen molar-refractivity contribution in [2.24, 2.45) is 5.73 Å². The number of benzene rings is 1. The molecule has 0 aliphatic carbocycles. The van der Waals surface area contributed by atoms with Crippen molar-refractivity contribution in [3.05, 3.63) is 35.4 Å². The lowest BCUT2D eigenvalue weighted by molar-refractivity contribution is -0.146. The first-order valence-corrected chi connectivity index (χ1v) is 7.93. The third-order valence-corrected chi connectivity index (χ3v) is 3.27. The minimum Gasteiger partial charge on any atom is -0.466 e. The first-order valence-electron chi connectivity index (χ1n) is 7.93. The van der Waals surface area contributed by atoms with Gasteiger partial charge < -0.3 is 20.5 Å². The SMILES string of the molecule is CCOC(=O)CC[C@@H](NC(=O)c1ccc(CN)cc1)C(=O)OCC.Cl. The summed E-state index contributed by atoms with van der Waals surface area (Å²) in [5.74, 6) is -1.41. The maximum absolute atomic E-state index is 12.3. The van der Waals surface area contributed by atoms with E-state index in [9.17, 15) is 14.4 Å². The van der Waals surface area contributed by atoms with E-state index in [-0.39, 0.29) is 38.5 Å². The molecule has 0 aliphatic heterocycles. The van der Waals surface area contributed by atoms with E-state index in [1.54, 1.807) is 38.1 Å². The van der Waals surface area contributed by atoms with Crippen molar-refractivity contribution in [1.29, 1.82) is 0 Å². The highest BCUT2D eigenvalue weighted by Gasteiger charge is 2.23. The monoisotopic (exact) mass is 372 g/mol. The van der Waals surface area contributed by atoms with Gasteiger partial charge in [0, 0.05) is 18.5 Å². The number of esters is 2. The molecule has 0 radical (unpaired) electrons. The molecule has 1 aromatic carbocycles. The zero-order chi connectivity index (χ0) is 17.9. The van der Waals surface area contributed by atoms with Crippen LogP contribution in [-0.4, -0.2) is 37.1 Å². The minimum atomic E-state index is -0.906. The molecule has 1 atom stereocenters. The fourth-order valence-corrected chi connectivity index (χ4v) is 2.02. The Bertz CT molecular complexity index is 563. The number of carbonyl (C=O) groups excluding carboxylic acids is 3. The van der Waals surface area contributed by atoms with Crippen molar-refractivity contribution < 1.29 is 23.9 Å². The second-order valence-corrected chi connectivity index (χ2v) is 5.02. The highest BCUT2D eigenvalue weighted by atomic mass is 35.5. The summed E-state index contributed by atoms with van der Waals surface area (Å²) in [7, 11) is 0. The lowest BCUT2D eigenvalue weighted by atomic mass is 10.1. The van der Waals surface area contributed by atoms with Gasteiger partial charge in [0.25, 0.3) is 5.91 Å². The molecular weight excluding hydrogens is 348 g/mol. The quantitative estimate of drug-likeness (QED) is 0.637. The Morgan fingerprint density at radius 1 is 1.08 bits per heavy atom. The van der Waals surface area contributed by atoms with Crippen LogP contribution in [0.2, 0.25) is 0 Å². The van der Waals surface area contributed by atoms with E-state index in [1.807, 2.05) is 0 Å². The number of nitrogens with two attached hydrogens (primary N) is 1. The molecule has 8 heteroatoms. The Morgan fingerprint density at radius 2 is 1.68 bits per heavy atom. The third-order valence-electron chi connectivity index (χ3n) is 3.27. The topological polar surface area (TPSA) is 108 Å². The zero-order valence-electron chi connectivity index (χ0n) is 14.4. The van der Waals surface area contributed by atoms with Gasteiger partial charge in [-0.25, -0.2) is 4.79 Å². The summed E-state index contributed by atoms with van der Waals surface area (Å²) < 4.78 is 9.78. The highest BCUT2D eigenvalue weighted by Crippen LogP contribution is 2.07. The van der Waals surface area contributed by atoms with Crippen LogP contribution in [0, 0.1) is 0 Å². The van der Waals surface area contributed by atoms with Crippen LogP contribution in [0.25, 0.3) is 0 Å². The summed E-state index contributed by atoms with van der Waals surface area (Å²) in [5.41, 5.74) is 6.82. The van der Waals surface area contributed by atoms with Gasteiger partial charge in [-0.1, -0.05) is 12.1 Å². The second-order valence-electron chi connectivity index (χ2n) is 5.02. The number of ether oxygens (including phenoxy) is 2. The van der Waals surface area contributed by atoms with Gasteiger partial charge in [0.05, 0.1) is 13.2 Å². The second kappa shape index (κ2) is 12.3. The molecular formula is C17H25ClN2O5. The van der Waals surface area contributed by atoms with E-state index in [0.717, 1.165) is 5.56 Å². The molecule has 0 fully saturated rings. The van der Waals surface area contributed by atoms with Gasteiger partial charge in [-0.3, -0.25) is 9.59 Å². The van der Waals surface area contributed by atoms with E-state index in [4.69, 9.17) is 15.2 Å². The summed E-state index contributed by atoms with van der Waals surface area (Å²) in [6.45, 7) is 4.21. The Morgan fingerprint density at radius 3 is 2.20 bits per heavy atom. The Kier molecular flexibility index (Phi) is 11.2. The van der Waals surface area contributed by atoms with Crippen molar-refractivity contribution in [3.8, 4) is 0 Å². The van der Waals surface area contributed by atoms with Crippen LogP contribution in [0.15, 0.2) is 24.3 Å². The molecule has 1 aromatic rings. The van der Waals surface area contributed by atoms with Crippen LogP contribution in [0.1, 0.15) is 42.6 Å². The van der Waals surface area contributed by atoms with E-state index in [2.05, 4.69) is 5.32 Å². The van der Waals surface area contributed by atoms with Gasteiger partial charge in [0.1, 0.15) is 6.04 Å². The Balaban J connectivity index is 0.00000576. The van der Waals surface area contributed by atoms with E-state index in [1.165, 1.54) is 0 Å². The predicted molar refractivity (Wildman–Crippen MR) is 95.3 cm³/mol. The number of hydrogen-bond acceptors (Lipinski definition) is 6. The number of halogens is 1. The van der Waals surface area contributed by atoms with Crippen LogP contribution in [-0.2, 0) is 25.6 Å². The summed E-state index contributed by atoms with van der Waals surface area (Å²) in [4.78, 5) is 35.7. The average molecular weight is 373 g/mol. The van der Waals surface area contributed by atoms with Gasteiger partial charge in [0.2, 0.25) is 0 Å². The molecule has 0 heterocycles. The first kappa shape index (κ1) is 22.9. The van der Waals surface area contributed by atoms with E-state index < -0.39 is 23.9 Å². The molecule has 25 heavy (non-hydrogen) atoms. The van der Waals surface area contributed by atoms with Crippen LogP contribution in [0.5, 0.6) is 0 Å². The molecule has 0 saturated heterocycles. The van der Waals surface area contributed by atoms with Crippen LogP contribution in [0.4, 0.5) is 0 Å². The molecule has 0 unspecified atom stereocenters. The van der Waals surface area contributed by atoms with Gasteiger partial charge in [-0.05, 0) is 38.0 Å². The van der Waals surface area contributed by atoms with Crippen molar-refractivity contribution in [2.75, 3.05) is 13.2 Å². The van der Waals surface area contributed by atoms with E-state index >= 15 is 0 Å². The van der Waals surface area contributed by atoms with Crippen molar-refractivity contribution in [1.82, 2.24) is 5.32 Å². The predicted octanol–water partition coefficient (Wildman–Crippen LogP) is 1.57. The molecule has 3 N–H and O–H groups in total. The molecule has 0 bridgehead atoms. The van der Waals surface area contributed by atoms with Gasteiger partial charge in [0.15, 0.2) is 0 Å². The lowest BCUT2D eigenvalue weighted by Gasteiger charge is -2.17. The van der Waals surface area contributed by atoms with Gasteiger partial charge in [-0.15, -0.1) is 12.4 Å². The normalized spacial score (nSPS) is 11.0. The Hall–Kier alpha value is -2.12. The average Bonchev–Trinajstić information content (AvgIpc) is 2.58. The van der Waals surface area contributed by atoms with Crippen LogP contribution in [0.3, 0.4) is 0 Å². The van der Waals surface area contributed by atoms with Crippen molar-refractivity contribution in [2.45, 2.75) is 39.3 Å². The largest absolute Gasteiger partial charge is 0.466 e. The molecule has 7 nitrogen and oxygen atoms in total. The maximum Gasteiger partial charge on any atom is 0.328 e. The lowest BCUT2D eigenvalue weighted by Crippen LogP contribution is -2.42. The molecule has 1 rings (SSSR count). The van der Waals surface area contributed by atoms with Crippen LogP contribution < -0.4 is 11.1 Å². The fourth-order valence-electron chi connectivity index (χ4n) is 2.02. The number of hydrogen-bond donors (Lipinski definition) is 2. The standard InChI is InChI=1S/C17H24N2O5.ClH/c1-3-23-15(20)10-9-14(17(22)24-4-2)19-16(21)13-7-5-12(11-18)6-8-13;/h5-8,14H,3-4,9-11,18H2,1-2H3,(H,19,21);1H/t14-;/m1./s1. The number of rotatable bonds is 9. The number of carbonyl (C=O) groups is 3. The summed E-state index contributed by atoms with van der Waals surface area (Å²) in [5, 5.41) is 2.60. The summed E-state index contributed by atoms with van der Waals surface area (Å²) in [6.07, 6.45) is 0.133. The van der Waals surface area contributed by atoms with Crippen molar-refractivity contribution >= 4 is 30.3 Å². The smallest absolute Gasteiger partial charge is 0.328 e. The molecule has 0 aliphatic rings. The molecule has 0 aromatic heterocycles. The molecule has 0 spiro atoms. The number of amides is 1. The summed E-state index contributed by atoms with van der Waals surface area (Å²) in [6, 6.07) is 5.84. The Labute approximate surface area is 153 Å². The third kappa shape index (κ3) is 8.00.